The third kappa shape index (κ3) is 3.19. The summed E-state index contributed by atoms with van der Waals surface area (Å²) in [5, 5.41) is 0. The maximum Gasteiger partial charge on any atom is 0.418 e. The molecule has 25 heavy (non-hydrogen) atoms. The van der Waals surface area contributed by atoms with Crippen molar-refractivity contribution >= 4 is 45.7 Å². The van der Waals surface area contributed by atoms with Gasteiger partial charge in [0.25, 0.3) is 0 Å². The molecular weight excluding hydrogens is 429 g/mol. The predicted octanol–water partition coefficient (Wildman–Crippen LogP) is 4.78. The topological polar surface area (TPSA) is 38.4 Å². The van der Waals surface area contributed by atoms with Gasteiger partial charge >= 0.3 is 6.18 Å². The van der Waals surface area contributed by atoms with Gasteiger partial charge in [0.2, 0.25) is 0 Å². The summed E-state index contributed by atoms with van der Waals surface area (Å²) >= 11 is 4.75. The molecule has 0 aliphatic carbocycles. The summed E-state index contributed by atoms with van der Waals surface area (Å²) in [6, 6.07) is 8.14. The molecule has 134 valence electrons. The molecule has 2 N–H and O–H groups in total. The van der Waals surface area contributed by atoms with Gasteiger partial charge in [-0.05, 0) is 33.8 Å². The van der Waals surface area contributed by atoms with E-state index in [1.807, 2.05) is 6.07 Å². The number of benzene rings is 1. The second-order valence-electron chi connectivity index (χ2n) is 7.26. The summed E-state index contributed by atoms with van der Waals surface area (Å²) in [5.41, 5.74) is 4.42. The molecule has 1 aliphatic rings. The average Bonchev–Trinajstić information content (AvgIpc) is 2.90. The fraction of sp³-hybridized carbons (Fsp3) is 0.353. The quantitative estimate of drug-likeness (QED) is 0.662. The molecule has 0 bridgehead atoms. The van der Waals surface area contributed by atoms with Crippen LogP contribution >= 0.6 is 27.3 Å². The van der Waals surface area contributed by atoms with Crippen molar-refractivity contribution in [1.82, 2.24) is 0 Å². The fourth-order valence-electron chi connectivity index (χ4n) is 2.96. The lowest BCUT2D eigenvalue weighted by molar-refractivity contribution is -0.188. The maximum atomic E-state index is 14.2. The van der Waals surface area contributed by atoms with Crippen LogP contribution in [0.2, 0.25) is 19.6 Å². The Morgan fingerprint density at radius 2 is 1.92 bits per heavy atom. The number of rotatable bonds is 2. The van der Waals surface area contributed by atoms with Crippen LogP contribution < -0.4 is 10.2 Å². The van der Waals surface area contributed by atoms with E-state index in [1.54, 1.807) is 12.1 Å². The van der Waals surface area contributed by atoms with Crippen molar-refractivity contribution in [2.75, 3.05) is 0 Å². The smallest absolute Gasteiger partial charge is 0.383 e. The second-order valence-corrected chi connectivity index (χ2v) is 14.6. The molecule has 1 atom stereocenters. The Morgan fingerprint density at radius 3 is 2.48 bits per heavy atom. The Hall–Kier alpha value is -1.12. The lowest BCUT2D eigenvalue weighted by Crippen LogP contribution is -2.46. The lowest BCUT2D eigenvalue weighted by Gasteiger charge is -2.35. The van der Waals surface area contributed by atoms with Crippen molar-refractivity contribution in [3.8, 4) is 0 Å². The van der Waals surface area contributed by atoms with E-state index in [2.05, 4.69) is 40.6 Å². The zero-order valence-corrected chi connectivity index (χ0v) is 17.4. The first kappa shape index (κ1) is 18.7. The largest absolute Gasteiger partial charge is 0.418 e. The van der Waals surface area contributed by atoms with E-state index in [0.717, 1.165) is 4.50 Å². The number of nitrogens with zero attached hydrogens (tertiary/aromatic N) is 1. The van der Waals surface area contributed by atoms with Crippen LogP contribution in [0.3, 0.4) is 0 Å². The van der Waals surface area contributed by atoms with Crippen LogP contribution in [0.1, 0.15) is 16.0 Å². The van der Waals surface area contributed by atoms with E-state index in [4.69, 9.17) is 5.73 Å². The molecule has 3 rings (SSSR count). The molecule has 0 fully saturated rings. The van der Waals surface area contributed by atoms with Gasteiger partial charge < -0.3 is 5.73 Å². The van der Waals surface area contributed by atoms with E-state index < -0.39 is 19.8 Å². The van der Waals surface area contributed by atoms with Gasteiger partial charge in [-0.3, -0.25) is 0 Å². The highest BCUT2D eigenvalue weighted by Crippen LogP contribution is 2.48. The molecule has 1 aliphatic heterocycles. The SMILES string of the molecule is C[Si](C)(C)c1cc2c(s1)C(N)=NC(c1cccc(Br)c1)(C(F)(F)F)C2. The van der Waals surface area contributed by atoms with Crippen LogP contribution in [0.25, 0.3) is 0 Å². The van der Waals surface area contributed by atoms with Gasteiger partial charge in [-0.25, -0.2) is 4.99 Å². The van der Waals surface area contributed by atoms with Crippen LogP contribution in [0, 0.1) is 0 Å². The van der Waals surface area contributed by atoms with Gasteiger partial charge in [0, 0.05) is 10.9 Å². The maximum absolute atomic E-state index is 14.2. The van der Waals surface area contributed by atoms with Crippen molar-refractivity contribution < 1.29 is 13.2 Å². The summed E-state index contributed by atoms with van der Waals surface area (Å²) in [6.07, 6.45) is -4.76. The second kappa shape index (κ2) is 5.96. The van der Waals surface area contributed by atoms with Crippen molar-refractivity contribution in [1.29, 1.82) is 0 Å². The third-order valence-electron chi connectivity index (χ3n) is 4.31. The molecule has 0 amide bonds. The molecule has 1 aromatic carbocycles. The monoisotopic (exact) mass is 446 g/mol. The van der Waals surface area contributed by atoms with Gasteiger partial charge in [-0.1, -0.05) is 47.7 Å². The molecule has 0 saturated carbocycles. The molecule has 2 aromatic rings. The average molecular weight is 447 g/mol. The Kier molecular flexibility index (Phi) is 4.45. The van der Waals surface area contributed by atoms with Crippen LogP contribution in [-0.2, 0) is 12.0 Å². The van der Waals surface area contributed by atoms with Gasteiger partial charge in [0.15, 0.2) is 5.54 Å². The molecule has 0 spiro atoms. The first-order chi connectivity index (χ1) is 11.4. The summed E-state index contributed by atoms with van der Waals surface area (Å²) in [7, 11) is -1.64. The first-order valence-electron chi connectivity index (χ1n) is 7.76. The zero-order valence-electron chi connectivity index (χ0n) is 14.0. The number of hydrogen-bond acceptors (Lipinski definition) is 3. The van der Waals surface area contributed by atoms with Gasteiger partial charge in [-0.2, -0.15) is 13.2 Å². The first-order valence-corrected chi connectivity index (χ1v) is 12.9. The minimum Gasteiger partial charge on any atom is -0.383 e. The molecular formula is C17H18BrF3N2SSi. The highest BCUT2D eigenvalue weighted by molar-refractivity contribution is 9.10. The standard InChI is InChI=1S/C17H18BrF3N2SSi/c1-25(2,3)13-7-10-9-16(17(19,20)21,23-15(22)14(10)24-13)11-5-4-6-12(18)8-11/h4-8H,9H2,1-3H3,(H2,22,23). The third-order valence-corrected chi connectivity index (χ3v) is 9.58. The normalized spacial score (nSPS) is 21.0. The van der Waals surface area contributed by atoms with E-state index >= 15 is 0 Å². The van der Waals surface area contributed by atoms with Crippen LogP contribution in [0.5, 0.6) is 0 Å². The van der Waals surface area contributed by atoms with E-state index in [0.29, 0.717) is 14.9 Å². The Balaban J connectivity index is 2.20. The molecule has 2 heterocycles. The fourth-order valence-corrected chi connectivity index (χ4v) is 6.33. The zero-order chi connectivity index (χ0) is 18.6. The van der Waals surface area contributed by atoms with Gasteiger partial charge in [-0.15, -0.1) is 11.3 Å². The summed E-state index contributed by atoms with van der Waals surface area (Å²) in [5.74, 6) is -0.0203. The number of halogens is 4. The van der Waals surface area contributed by atoms with E-state index in [1.165, 1.54) is 23.5 Å². The lowest BCUT2D eigenvalue weighted by atomic mass is 9.82. The number of thiophene rings is 1. The molecule has 8 heteroatoms. The molecule has 0 radical (unpaired) electrons. The minimum absolute atomic E-state index is 0.0203. The van der Waals surface area contributed by atoms with Crippen LogP contribution in [0.15, 0.2) is 39.8 Å². The molecule has 0 saturated heterocycles. The Morgan fingerprint density at radius 1 is 1.24 bits per heavy atom. The number of fused-ring (bicyclic) bond motifs is 1. The number of nitrogens with two attached hydrogens (primary N) is 1. The summed E-state index contributed by atoms with van der Waals surface area (Å²) in [4.78, 5) is 4.69. The van der Waals surface area contributed by atoms with E-state index in [9.17, 15) is 13.2 Å². The van der Waals surface area contributed by atoms with Crippen molar-refractivity contribution in [2.45, 2.75) is 37.8 Å². The highest BCUT2D eigenvalue weighted by atomic mass is 79.9. The van der Waals surface area contributed by atoms with Crippen molar-refractivity contribution in [3.63, 3.8) is 0 Å². The van der Waals surface area contributed by atoms with Crippen LogP contribution in [0.4, 0.5) is 13.2 Å². The highest BCUT2D eigenvalue weighted by Gasteiger charge is 2.58. The molecule has 1 aromatic heterocycles. The predicted molar refractivity (Wildman–Crippen MR) is 104 cm³/mol. The number of aliphatic imine (C=N–C) groups is 1. The molecule has 1 unspecified atom stereocenters. The number of amidine groups is 1. The number of hydrogen-bond donors (Lipinski definition) is 1. The van der Waals surface area contributed by atoms with Gasteiger partial charge in [0.05, 0.1) is 13.0 Å². The minimum atomic E-state index is -4.54. The summed E-state index contributed by atoms with van der Waals surface area (Å²) < 4.78 is 44.2. The van der Waals surface area contributed by atoms with Crippen molar-refractivity contribution in [3.05, 3.63) is 50.8 Å². The van der Waals surface area contributed by atoms with Gasteiger partial charge in [0.1, 0.15) is 5.84 Å². The summed E-state index contributed by atoms with van der Waals surface area (Å²) in [6.45, 7) is 6.51. The Labute approximate surface area is 158 Å². The Bertz CT molecular complexity index is 854. The van der Waals surface area contributed by atoms with E-state index in [-0.39, 0.29) is 17.8 Å². The molecule has 2 nitrogen and oxygen atoms in total. The van der Waals surface area contributed by atoms with Crippen LogP contribution in [-0.4, -0.2) is 20.1 Å². The van der Waals surface area contributed by atoms with Crippen molar-refractivity contribution in [2.24, 2.45) is 10.7 Å². The number of alkyl halides is 3.